The van der Waals surface area contributed by atoms with E-state index in [1.807, 2.05) is 24.3 Å². The number of ether oxygens (including phenoxy) is 1. The van der Waals surface area contributed by atoms with Gasteiger partial charge in [0.05, 0.1) is 26.2 Å². The van der Waals surface area contributed by atoms with E-state index in [1.54, 1.807) is 7.11 Å². The summed E-state index contributed by atoms with van der Waals surface area (Å²) in [5.74, 6) is 0.252. The molecule has 1 saturated heterocycles. The van der Waals surface area contributed by atoms with Crippen LogP contribution in [0.25, 0.3) is 0 Å². The number of nitrogens with two attached hydrogens (primary N) is 1. The number of hydrogen-bond acceptors (Lipinski definition) is 5. The van der Waals surface area contributed by atoms with Crippen LogP contribution in [0, 0.1) is 0 Å². The number of carbonyl (C=O) groups is 2. The Morgan fingerprint density at radius 2 is 1.92 bits per heavy atom. The van der Waals surface area contributed by atoms with Gasteiger partial charge in [-0.15, -0.1) is 0 Å². The maximum Gasteiger partial charge on any atom is 0.239 e. The third-order valence-corrected chi connectivity index (χ3v) is 4.20. The minimum Gasteiger partial charge on any atom is -0.496 e. The maximum absolute atomic E-state index is 12.0. The normalized spacial score (nSPS) is 15.8. The standard InChI is InChI=1S/C17H26N4O3/c1-24-15-7-3-2-6-13(15)14(21-8-4-5-9-21)11-19-17(23)12-20-16(22)10-18/h2-3,6-7,14H,4-5,8-12,18H2,1H3,(H,19,23)(H,20,22). The lowest BCUT2D eigenvalue weighted by atomic mass is 10.0. The lowest BCUT2D eigenvalue weighted by molar-refractivity contribution is -0.125. The number of hydrogen-bond donors (Lipinski definition) is 3. The second-order valence-corrected chi connectivity index (χ2v) is 5.79. The van der Waals surface area contributed by atoms with Crippen LogP contribution in [0.5, 0.6) is 5.75 Å². The number of likely N-dealkylation sites (tertiary alicyclic amines) is 1. The molecule has 24 heavy (non-hydrogen) atoms. The molecular formula is C17H26N4O3. The topological polar surface area (TPSA) is 96.7 Å². The van der Waals surface area contributed by atoms with Crippen LogP contribution >= 0.6 is 0 Å². The molecule has 0 bridgehead atoms. The molecule has 0 spiro atoms. The first-order chi connectivity index (χ1) is 11.7. The zero-order valence-electron chi connectivity index (χ0n) is 14.1. The monoisotopic (exact) mass is 334 g/mol. The molecular weight excluding hydrogens is 308 g/mol. The fourth-order valence-corrected chi connectivity index (χ4v) is 2.95. The van der Waals surface area contributed by atoms with E-state index in [4.69, 9.17) is 10.5 Å². The van der Waals surface area contributed by atoms with Crippen molar-refractivity contribution in [1.29, 1.82) is 0 Å². The highest BCUT2D eigenvalue weighted by atomic mass is 16.5. The van der Waals surface area contributed by atoms with Crippen LogP contribution in [0.2, 0.25) is 0 Å². The number of rotatable bonds is 8. The van der Waals surface area contributed by atoms with Crippen molar-refractivity contribution >= 4 is 11.8 Å². The highest BCUT2D eigenvalue weighted by Crippen LogP contribution is 2.31. The van der Waals surface area contributed by atoms with Crippen molar-refractivity contribution in [3.05, 3.63) is 29.8 Å². The molecule has 1 aromatic rings. The first-order valence-electron chi connectivity index (χ1n) is 8.26. The third kappa shape index (κ3) is 4.94. The van der Waals surface area contributed by atoms with E-state index in [0.29, 0.717) is 6.54 Å². The molecule has 7 nitrogen and oxygen atoms in total. The van der Waals surface area contributed by atoms with Crippen LogP contribution in [0.4, 0.5) is 0 Å². The van der Waals surface area contributed by atoms with Crippen molar-refractivity contribution in [2.24, 2.45) is 5.73 Å². The summed E-state index contributed by atoms with van der Waals surface area (Å²) in [6.07, 6.45) is 2.32. The van der Waals surface area contributed by atoms with E-state index in [2.05, 4.69) is 15.5 Å². The van der Waals surface area contributed by atoms with Gasteiger partial charge in [-0.2, -0.15) is 0 Å². The van der Waals surface area contributed by atoms with E-state index in [1.165, 1.54) is 0 Å². The number of benzene rings is 1. The lowest BCUT2D eigenvalue weighted by Crippen LogP contribution is -2.42. The minimum absolute atomic E-state index is 0.0535. The first kappa shape index (κ1) is 18.2. The van der Waals surface area contributed by atoms with E-state index < -0.39 is 0 Å². The molecule has 0 aliphatic carbocycles. The molecule has 1 aromatic carbocycles. The molecule has 1 unspecified atom stereocenters. The molecule has 0 radical (unpaired) electrons. The molecule has 0 aromatic heterocycles. The molecule has 1 aliphatic heterocycles. The fraction of sp³-hybridized carbons (Fsp3) is 0.529. The largest absolute Gasteiger partial charge is 0.496 e. The Hall–Kier alpha value is -2.12. The Kier molecular flexibility index (Phi) is 7.02. The van der Waals surface area contributed by atoms with Crippen LogP contribution < -0.4 is 21.1 Å². The summed E-state index contributed by atoms with van der Waals surface area (Å²) in [7, 11) is 1.65. The predicted octanol–water partition coefficient (Wildman–Crippen LogP) is 0.0232. The predicted molar refractivity (Wildman–Crippen MR) is 91.6 cm³/mol. The fourth-order valence-electron chi connectivity index (χ4n) is 2.95. The van der Waals surface area contributed by atoms with Gasteiger partial charge in [-0.05, 0) is 32.0 Å². The summed E-state index contributed by atoms with van der Waals surface area (Å²) in [6, 6.07) is 7.93. The highest BCUT2D eigenvalue weighted by Gasteiger charge is 2.26. The molecule has 2 amide bonds. The minimum atomic E-state index is -0.342. The van der Waals surface area contributed by atoms with Crippen LogP contribution in [0.15, 0.2) is 24.3 Å². The maximum atomic E-state index is 12.0. The van der Waals surface area contributed by atoms with Crippen LogP contribution in [0.1, 0.15) is 24.4 Å². The molecule has 1 atom stereocenters. The lowest BCUT2D eigenvalue weighted by Gasteiger charge is -2.29. The van der Waals surface area contributed by atoms with Crippen molar-refractivity contribution in [3.8, 4) is 5.75 Å². The van der Waals surface area contributed by atoms with E-state index >= 15 is 0 Å². The molecule has 132 valence electrons. The Morgan fingerprint density at radius 3 is 2.58 bits per heavy atom. The van der Waals surface area contributed by atoms with Crippen molar-refractivity contribution < 1.29 is 14.3 Å². The summed E-state index contributed by atoms with van der Waals surface area (Å²) >= 11 is 0. The van der Waals surface area contributed by atoms with Gasteiger partial charge in [0.15, 0.2) is 0 Å². The van der Waals surface area contributed by atoms with Crippen molar-refractivity contribution in [3.63, 3.8) is 0 Å². The summed E-state index contributed by atoms with van der Waals surface area (Å²) in [5, 5.41) is 5.37. The van der Waals surface area contributed by atoms with E-state index in [0.717, 1.165) is 37.2 Å². The van der Waals surface area contributed by atoms with Gasteiger partial charge >= 0.3 is 0 Å². The summed E-state index contributed by atoms with van der Waals surface area (Å²) in [4.78, 5) is 25.4. The van der Waals surface area contributed by atoms with Crippen LogP contribution in [0.3, 0.4) is 0 Å². The Balaban J connectivity index is 2.02. The zero-order chi connectivity index (χ0) is 17.4. The number of nitrogens with zero attached hydrogens (tertiary/aromatic N) is 1. The average Bonchev–Trinajstić information content (AvgIpc) is 3.14. The van der Waals surface area contributed by atoms with Crippen LogP contribution in [-0.2, 0) is 9.59 Å². The number of methoxy groups -OCH3 is 1. The molecule has 1 fully saturated rings. The van der Waals surface area contributed by atoms with Gasteiger partial charge in [-0.1, -0.05) is 18.2 Å². The third-order valence-electron chi connectivity index (χ3n) is 4.20. The van der Waals surface area contributed by atoms with E-state index in [-0.39, 0.29) is 30.9 Å². The molecule has 7 heteroatoms. The first-order valence-corrected chi connectivity index (χ1v) is 8.26. The zero-order valence-corrected chi connectivity index (χ0v) is 14.1. The van der Waals surface area contributed by atoms with Gasteiger partial charge < -0.3 is 21.1 Å². The van der Waals surface area contributed by atoms with Gasteiger partial charge in [-0.3, -0.25) is 14.5 Å². The van der Waals surface area contributed by atoms with Gasteiger partial charge in [0.2, 0.25) is 11.8 Å². The second kappa shape index (κ2) is 9.24. The highest BCUT2D eigenvalue weighted by molar-refractivity contribution is 5.85. The smallest absolute Gasteiger partial charge is 0.239 e. The van der Waals surface area contributed by atoms with Gasteiger partial charge in [-0.25, -0.2) is 0 Å². The Bertz CT molecular complexity index is 559. The van der Waals surface area contributed by atoms with Crippen molar-refractivity contribution in [2.45, 2.75) is 18.9 Å². The van der Waals surface area contributed by atoms with Gasteiger partial charge in [0.1, 0.15) is 5.75 Å². The second-order valence-electron chi connectivity index (χ2n) is 5.79. The molecule has 0 saturated carbocycles. The molecule has 4 N–H and O–H groups in total. The Labute approximate surface area is 142 Å². The summed E-state index contributed by atoms with van der Waals surface area (Å²) in [6.45, 7) is 2.29. The molecule has 1 heterocycles. The molecule has 2 rings (SSSR count). The number of carbonyl (C=O) groups excluding carboxylic acids is 2. The van der Waals surface area contributed by atoms with Crippen molar-refractivity contribution in [2.75, 3.05) is 39.8 Å². The average molecular weight is 334 g/mol. The number of amides is 2. The Morgan fingerprint density at radius 1 is 1.21 bits per heavy atom. The van der Waals surface area contributed by atoms with Gasteiger partial charge in [0.25, 0.3) is 0 Å². The van der Waals surface area contributed by atoms with Gasteiger partial charge in [0, 0.05) is 12.1 Å². The quantitative estimate of drug-likeness (QED) is 0.623. The summed E-state index contributed by atoms with van der Waals surface area (Å²) in [5.41, 5.74) is 6.27. The van der Waals surface area contributed by atoms with Crippen LogP contribution in [-0.4, -0.2) is 56.5 Å². The summed E-state index contributed by atoms with van der Waals surface area (Å²) < 4.78 is 5.48. The van der Waals surface area contributed by atoms with Crippen molar-refractivity contribution in [1.82, 2.24) is 15.5 Å². The van der Waals surface area contributed by atoms with E-state index in [9.17, 15) is 9.59 Å². The number of nitrogens with one attached hydrogen (secondary N) is 2. The number of para-hydroxylation sites is 1. The molecule has 1 aliphatic rings. The SMILES string of the molecule is COc1ccccc1C(CNC(=O)CNC(=O)CN)N1CCCC1.